The summed E-state index contributed by atoms with van der Waals surface area (Å²) in [7, 11) is 0. The first-order valence-corrected chi connectivity index (χ1v) is 7.34. The quantitative estimate of drug-likeness (QED) is 0.654. The monoisotopic (exact) mass is 258 g/mol. The summed E-state index contributed by atoms with van der Waals surface area (Å²) in [6.45, 7) is 2.69. The van der Waals surface area contributed by atoms with Crippen molar-refractivity contribution in [1.29, 1.82) is 0 Å². The minimum Gasteiger partial charge on any atom is -0.398 e. The van der Waals surface area contributed by atoms with E-state index in [4.69, 9.17) is 5.73 Å². The van der Waals surface area contributed by atoms with Crippen molar-refractivity contribution in [2.75, 3.05) is 17.2 Å². The van der Waals surface area contributed by atoms with Crippen molar-refractivity contribution in [3.63, 3.8) is 0 Å². The van der Waals surface area contributed by atoms with Crippen LogP contribution in [0.1, 0.15) is 49.4 Å². The van der Waals surface area contributed by atoms with E-state index in [-0.39, 0.29) is 5.78 Å². The zero-order valence-corrected chi connectivity index (χ0v) is 11.6. The molecule has 2 aliphatic rings. The average Bonchev–Trinajstić information content (AvgIpc) is 2.86. The second-order valence-corrected chi connectivity index (χ2v) is 5.92. The van der Waals surface area contributed by atoms with Crippen molar-refractivity contribution in [2.24, 2.45) is 5.92 Å². The summed E-state index contributed by atoms with van der Waals surface area (Å²) in [4.78, 5) is 14.0. The lowest BCUT2D eigenvalue weighted by atomic mass is 9.91. The lowest BCUT2D eigenvalue weighted by Gasteiger charge is -2.39. The van der Waals surface area contributed by atoms with Crippen molar-refractivity contribution >= 4 is 17.2 Å². The maximum absolute atomic E-state index is 11.4. The number of nitrogens with zero attached hydrogens (tertiary/aromatic N) is 1. The second kappa shape index (κ2) is 4.87. The van der Waals surface area contributed by atoms with Gasteiger partial charge in [0.05, 0.1) is 0 Å². The van der Waals surface area contributed by atoms with Crippen LogP contribution in [0.3, 0.4) is 0 Å². The number of nitrogen functional groups attached to an aromatic ring is 1. The van der Waals surface area contributed by atoms with Crippen LogP contribution in [-0.4, -0.2) is 18.4 Å². The summed E-state index contributed by atoms with van der Waals surface area (Å²) in [6, 6.07) is 6.62. The molecule has 0 spiro atoms. The molecule has 1 heterocycles. The Hall–Kier alpha value is -1.51. The Morgan fingerprint density at radius 2 is 2.05 bits per heavy atom. The first-order valence-electron chi connectivity index (χ1n) is 7.34. The van der Waals surface area contributed by atoms with E-state index in [0.717, 1.165) is 12.5 Å². The summed E-state index contributed by atoms with van der Waals surface area (Å²) in [5.41, 5.74) is 8.47. The van der Waals surface area contributed by atoms with Gasteiger partial charge in [-0.2, -0.15) is 0 Å². The molecule has 102 valence electrons. The molecule has 1 saturated carbocycles. The Labute approximate surface area is 114 Å². The molecule has 2 unspecified atom stereocenters. The maximum atomic E-state index is 11.4. The van der Waals surface area contributed by atoms with Gasteiger partial charge in [-0.3, -0.25) is 4.79 Å². The van der Waals surface area contributed by atoms with Crippen LogP contribution in [0.25, 0.3) is 0 Å². The van der Waals surface area contributed by atoms with Gasteiger partial charge in [-0.25, -0.2) is 0 Å². The number of carbonyl (C=O) groups excluding carboxylic acids is 1. The Balaban J connectivity index is 1.89. The largest absolute Gasteiger partial charge is 0.398 e. The van der Waals surface area contributed by atoms with Crippen LogP contribution in [0.4, 0.5) is 11.4 Å². The standard InChI is InChI=1S/C16H22N2O/c1-11(19)14-8-7-13(10-15(14)17)18-9-3-5-12-4-2-6-16(12)18/h7-8,10,12,16H,2-6,9,17H2,1H3. The molecule has 0 amide bonds. The third-order valence-electron chi connectivity index (χ3n) is 4.74. The smallest absolute Gasteiger partial charge is 0.161 e. The minimum atomic E-state index is 0.0430. The Morgan fingerprint density at radius 3 is 2.79 bits per heavy atom. The molecule has 1 saturated heterocycles. The van der Waals surface area contributed by atoms with E-state index in [9.17, 15) is 4.79 Å². The molecule has 3 rings (SSSR count). The third-order valence-corrected chi connectivity index (χ3v) is 4.74. The number of fused-ring (bicyclic) bond motifs is 1. The second-order valence-electron chi connectivity index (χ2n) is 5.92. The number of Topliss-reactive ketones (excluding diaryl/α,β-unsaturated/α-hetero) is 1. The van der Waals surface area contributed by atoms with Gasteiger partial charge in [0.2, 0.25) is 0 Å². The molecule has 0 aromatic heterocycles. The fourth-order valence-corrected chi connectivity index (χ4v) is 3.82. The molecule has 2 atom stereocenters. The van der Waals surface area contributed by atoms with E-state index in [1.807, 2.05) is 12.1 Å². The molecular weight excluding hydrogens is 236 g/mol. The fraction of sp³-hybridized carbons (Fsp3) is 0.562. The van der Waals surface area contributed by atoms with Gasteiger partial charge in [-0.1, -0.05) is 6.42 Å². The highest BCUT2D eigenvalue weighted by Gasteiger charge is 2.35. The van der Waals surface area contributed by atoms with Crippen LogP contribution >= 0.6 is 0 Å². The number of hydrogen-bond donors (Lipinski definition) is 1. The van der Waals surface area contributed by atoms with Gasteiger partial charge in [-0.05, 0) is 56.7 Å². The number of ketones is 1. The van der Waals surface area contributed by atoms with Crippen LogP contribution in [0.2, 0.25) is 0 Å². The van der Waals surface area contributed by atoms with Crippen LogP contribution in [-0.2, 0) is 0 Å². The van der Waals surface area contributed by atoms with Gasteiger partial charge >= 0.3 is 0 Å². The van der Waals surface area contributed by atoms with E-state index < -0.39 is 0 Å². The van der Waals surface area contributed by atoms with E-state index >= 15 is 0 Å². The Bertz CT molecular complexity index is 498. The molecule has 2 N–H and O–H groups in total. The van der Waals surface area contributed by atoms with Gasteiger partial charge in [-0.15, -0.1) is 0 Å². The summed E-state index contributed by atoms with van der Waals surface area (Å²) < 4.78 is 0. The van der Waals surface area contributed by atoms with E-state index in [1.165, 1.54) is 37.8 Å². The first-order chi connectivity index (χ1) is 9.16. The summed E-state index contributed by atoms with van der Waals surface area (Å²) >= 11 is 0. The molecule has 1 aliphatic heterocycles. The molecule has 2 fully saturated rings. The van der Waals surface area contributed by atoms with Gasteiger partial charge < -0.3 is 10.6 Å². The number of anilines is 2. The molecule has 0 radical (unpaired) electrons. The molecule has 0 bridgehead atoms. The van der Waals surface area contributed by atoms with Crippen molar-refractivity contribution < 1.29 is 4.79 Å². The lowest BCUT2D eigenvalue weighted by Crippen LogP contribution is -2.42. The number of carbonyl (C=O) groups is 1. The molecule has 1 aliphatic carbocycles. The predicted octanol–water partition coefficient (Wildman–Crippen LogP) is 3.24. The molecule has 1 aromatic carbocycles. The van der Waals surface area contributed by atoms with Gasteiger partial charge in [0.1, 0.15) is 0 Å². The number of nitrogens with two attached hydrogens (primary N) is 1. The minimum absolute atomic E-state index is 0.0430. The molecular formula is C16H22N2O. The average molecular weight is 258 g/mol. The summed E-state index contributed by atoms with van der Waals surface area (Å²) in [5.74, 6) is 0.906. The Kier molecular flexibility index (Phi) is 3.21. The van der Waals surface area contributed by atoms with Gasteiger partial charge in [0.25, 0.3) is 0 Å². The van der Waals surface area contributed by atoms with E-state index in [2.05, 4.69) is 11.0 Å². The number of piperidine rings is 1. The lowest BCUT2D eigenvalue weighted by molar-refractivity contribution is 0.101. The van der Waals surface area contributed by atoms with Crippen LogP contribution in [0.5, 0.6) is 0 Å². The fourth-order valence-electron chi connectivity index (χ4n) is 3.82. The molecule has 19 heavy (non-hydrogen) atoms. The highest BCUT2D eigenvalue weighted by atomic mass is 16.1. The van der Waals surface area contributed by atoms with Gasteiger partial charge in [0.15, 0.2) is 5.78 Å². The highest BCUT2D eigenvalue weighted by molar-refractivity contribution is 5.99. The number of rotatable bonds is 2. The van der Waals surface area contributed by atoms with Crippen LogP contribution < -0.4 is 10.6 Å². The SMILES string of the molecule is CC(=O)c1ccc(N2CCCC3CCCC32)cc1N. The highest BCUT2D eigenvalue weighted by Crippen LogP contribution is 2.39. The third kappa shape index (κ3) is 2.22. The topological polar surface area (TPSA) is 46.3 Å². The van der Waals surface area contributed by atoms with Gasteiger partial charge in [0, 0.05) is 29.5 Å². The number of hydrogen-bond acceptors (Lipinski definition) is 3. The van der Waals surface area contributed by atoms with Crippen molar-refractivity contribution in [1.82, 2.24) is 0 Å². The summed E-state index contributed by atoms with van der Waals surface area (Å²) in [5, 5.41) is 0. The molecule has 3 nitrogen and oxygen atoms in total. The zero-order chi connectivity index (χ0) is 13.4. The van der Waals surface area contributed by atoms with Crippen molar-refractivity contribution in [3.05, 3.63) is 23.8 Å². The Morgan fingerprint density at radius 1 is 1.26 bits per heavy atom. The van der Waals surface area contributed by atoms with Crippen molar-refractivity contribution in [3.8, 4) is 0 Å². The van der Waals surface area contributed by atoms with Crippen LogP contribution in [0, 0.1) is 5.92 Å². The first kappa shape index (κ1) is 12.5. The summed E-state index contributed by atoms with van der Waals surface area (Å²) in [6.07, 6.45) is 6.69. The predicted molar refractivity (Wildman–Crippen MR) is 78.6 cm³/mol. The molecule has 3 heteroatoms. The van der Waals surface area contributed by atoms with Crippen molar-refractivity contribution in [2.45, 2.75) is 45.1 Å². The number of benzene rings is 1. The maximum Gasteiger partial charge on any atom is 0.161 e. The van der Waals surface area contributed by atoms with E-state index in [1.54, 1.807) is 6.92 Å². The van der Waals surface area contributed by atoms with E-state index in [0.29, 0.717) is 17.3 Å². The van der Waals surface area contributed by atoms with Crippen LogP contribution in [0.15, 0.2) is 18.2 Å². The molecule has 1 aromatic rings. The normalized spacial score (nSPS) is 26.3. The zero-order valence-electron chi connectivity index (χ0n) is 11.6.